The maximum absolute atomic E-state index is 10.7. The second-order valence-corrected chi connectivity index (χ2v) is 2.80. The van der Waals surface area contributed by atoms with Gasteiger partial charge in [0.05, 0.1) is 10.5 Å². The first-order valence-electron chi connectivity index (χ1n) is 3.63. The topological polar surface area (TPSA) is 80.4 Å². The Bertz CT molecular complexity index is 396. The molecule has 1 rings (SSSR count). The van der Waals surface area contributed by atoms with Crippen molar-refractivity contribution in [2.24, 2.45) is 0 Å². The number of rotatable bonds is 3. The molecule has 0 aliphatic heterocycles. The van der Waals surface area contributed by atoms with Crippen molar-refractivity contribution in [1.82, 2.24) is 0 Å². The Morgan fingerprint density at radius 3 is 2.53 bits per heavy atom. The molecule has 0 bridgehead atoms. The molecule has 5 nitrogen and oxygen atoms in total. The van der Waals surface area contributed by atoms with Crippen molar-refractivity contribution in [3.63, 3.8) is 0 Å². The molecular weight excluding hydrogens is 233 g/mol. The molecule has 1 N–H and O–H groups in total. The summed E-state index contributed by atoms with van der Waals surface area (Å²) in [7, 11) is 0. The molecule has 0 aliphatic rings. The summed E-state index contributed by atoms with van der Waals surface area (Å²) < 4.78 is 0. The summed E-state index contributed by atoms with van der Waals surface area (Å²) >= 11 is 5.47. The molecule has 0 aromatic heterocycles. The monoisotopic (exact) mass is 239 g/mol. The van der Waals surface area contributed by atoms with Crippen LogP contribution in [-0.4, -0.2) is 45.6 Å². The molecule has 0 unspecified atom stereocenters. The van der Waals surface area contributed by atoms with Gasteiger partial charge < -0.3 is 5.11 Å². The molecule has 0 saturated heterocycles. The Balaban J connectivity index is 0.00000196. The zero-order valence-corrected chi connectivity index (χ0v) is 7.69. The number of carboxylic acids is 1. The SMILES string of the molecule is O=C(O)c1cc([N+](=O)[O-])ccc1CCl.[NaH]. The van der Waals surface area contributed by atoms with Crippen LogP contribution in [0.1, 0.15) is 15.9 Å². The van der Waals surface area contributed by atoms with Gasteiger partial charge in [-0.3, -0.25) is 10.1 Å². The van der Waals surface area contributed by atoms with Crippen molar-refractivity contribution in [1.29, 1.82) is 0 Å². The number of benzene rings is 1. The number of carboxylic acid groups (broad SMARTS) is 1. The quantitative estimate of drug-likeness (QED) is 0.374. The molecule has 1 aromatic carbocycles. The van der Waals surface area contributed by atoms with Crippen molar-refractivity contribution in [2.45, 2.75) is 5.88 Å². The molecule has 76 valence electrons. The molecule has 0 saturated carbocycles. The van der Waals surface area contributed by atoms with Crippen LogP contribution in [0.3, 0.4) is 0 Å². The van der Waals surface area contributed by atoms with Crippen LogP contribution in [0.2, 0.25) is 0 Å². The Hall–Kier alpha value is -0.620. The first kappa shape index (κ1) is 14.4. The number of hydrogen-bond donors (Lipinski definition) is 1. The van der Waals surface area contributed by atoms with Gasteiger partial charge in [-0.1, -0.05) is 6.07 Å². The van der Waals surface area contributed by atoms with E-state index in [1.54, 1.807) is 0 Å². The van der Waals surface area contributed by atoms with E-state index in [9.17, 15) is 14.9 Å². The third-order valence-corrected chi connectivity index (χ3v) is 1.97. The van der Waals surface area contributed by atoms with Crippen LogP contribution in [0.5, 0.6) is 0 Å². The van der Waals surface area contributed by atoms with Gasteiger partial charge in [0.2, 0.25) is 0 Å². The van der Waals surface area contributed by atoms with Gasteiger partial charge in [-0.25, -0.2) is 4.79 Å². The molecule has 0 aliphatic carbocycles. The normalized spacial score (nSPS) is 9.13. The number of carbonyl (C=O) groups is 1. The van der Waals surface area contributed by atoms with Gasteiger partial charge in [0.25, 0.3) is 5.69 Å². The van der Waals surface area contributed by atoms with E-state index in [0.717, 1.165) is 6.07 Å². The van der Waals surface area contributed by atoms with Gasteiger partial charge in [0.1, 0.15) is 0 Å². The fraction of sp³-hybridized carbons (Fsp3) is 0.125. The summed E-state index contributed by atoms with van der Waals surface area (Å²) in [6, 6.07) is 3.57. The molecule has 0 heterocycles. The van der Waals surface area contributed by atoms with Gasteiger partial charge in [-0.15, -0.1) is 11.6 Å². The zero-order valence-electron chi connectivity index (χ0n) is 6.94. The standard InChI is InChI=1S/C8H6ClNO4.Na.H/c9-4-5-1-2-6(10(13)14)3-7(5)8(11)12;;/h1-3H,4H2,(H,11,12);;. The molecule has 0 radical (unpaired) electrons. The average Bonchev–Trinajstić information content (AvgIpc) is 2.16. The molecule has 7 heteroatoms. The number of aromatic carboxylic acids is 1. The number of alkyl halides is 1. The van der Waals surface area contributed by atoms with Gasteiger partial charge >= 0.3 is 35.5 Å². The Labute approximate surface area is 112 Å². The van der Waals surface area contributed by atoms with Crippen molar-refractivity contribution >= 4 is 52.8 Å². The second-order valence-electron chi connectivity index (χ2n) is 2.54. The molecular formula is C8H7ClNNaO4. The van der Waals surface area contributed by atoms with Crippen molar-refractivity contribution in [3.05, 3.63) is 39.4 Å². The van der Waals surface area contributed by atoms with Crippen molar-refractivity contribution in [2.75, 3.05) is 0 Å². The van der Waals surface area contributed by atoms with Crippen molar-refractivity contribution < 1.29 is 14.8 Å². The van der Waals surface area contributed by atoms with E-state index in [1.165, 1.54) is 12.1 Å². The Morgan fingerprint density at radius 2 is 2.13 bits per heavy atom. The number of nitro groups is 1. The van der Waals surface area contributed by atoms with Crippen LogP contribution in [0.25, 0.3) is 0 Å². The summed E-state index contributed by atoms with van der Waals surface area (Å²) in [6.45, 7) is 0. The molecule has 0 atom stereocenters. The number of nitrogens with zero attached hydrogens (tertiary/aromatic N) is 1. The minimum absolute atomic E-state index is 0. The predicted octanol–water partition coefficient (Wildman–Crippen LogP) is 1.38. The minimum atomic E-state index is -1.22. The third kappa shape index (κ3) is 3.46. The summed E-state index contributed by atoms with van der Waals surface area (Å²) in [5.74, 6) is -1.20. The van der Waals surface area contributed by atoms with Gasteiger partial charge in [0, 0.05) is 18.0 Å². The number of hydrogen-bond acceptors (Lipinski definition) is 3. The van der Waals surface area contributed by atoms with E-state index in [1.807, 2.05) is 0 Å². The van der Waals surface area contributed by atoms with Crippen LogP contribution >= 0.6 is 11.6 Å². The van der Waals surface area contributed by atoms with Gasteiger partial charge in [-0.05, 0) is 5.56 Å². The fourth-order valence-electron chi connectivity index (χ4n) is 0.994. The first-order chi connectivity index (χ1) is 6.56. The molecule has 0 amide bonds. The summed E-state index contributed by atoms with van der Waals surface area (Å²) in [6.07, 6.45) is 0. The number of non-ortho nitro benzene ring substituents is 1. The summed E-state index contributed by atoms with van der Waals surface area (Å²) in [4.78, 5) is 20.4. The van der Waals surface area contributed by atoms with Crippen LogP contribution in [-0.2, 0) is 5.88 Å². The first-order valence-corrected chi connectivity index (χ1v) is 4.16. The Kier molecular flexibility index (Phi) is 5.82. The van der Waals surface area contributed by atoms with E-state index in [-0.39, 0.29) is 46.7 Å². The second kappa shape index (κ2) is 6.07. The summed E-state index contributed by atoms with van der Waals surface area (Å²) in [5.41, 5.74) is -0.0183. The number of nitro benzene ring substituents is 1. The van der Waals surface area contributed by atoms with E-state index < -0.39 is 10.9 Å². The maximum atomic E-state index is 10.7. The third-order valence-electron chi connectivity index (χ3n) is 1.68. The van der Waals surface area contributed by atoms with Gasteiger partial charge in [0.15, 0.2) is 0 Å². The van der Waals surface area contributed by atoms with E-state index in [4.69, 9.17) is 16.7 Å². The van der Waals surface area contributed by atoms with Gasteiger partial charge in [-0.2, -0.15) is 0 Å². The van der Waals surface area contributed by atoms with Crippen LogP contribution < -0.4 is 0 Å². The Morgan fingerprint density at radius 1 is 1.53 bits per heavy atom. The van der Waals surface area contributed by atoms with E-state index in [2.05, 4.69) is 0 Å². The van der Waals surface area contributed by atoms with E-state index >= 15 is 0 Å². The molecule has 0 spiro atoms. The van der Waals surface area contributed by atoms with Crippen LogP contribution in [0.4, 0.5) is 5.69 Å². The summed E-state index contributed by atoms with van der Waals surface area (Å²) in [5, 5.41) is 19.1. The molecule has 1 aromatic rings. The molecule has 0 fully saturated rings. The average molecular weight is 240 g/mol. The van der Waals surface area contributed by atoms with E-state index in [0.29, 0.717) is 5.56 Å². The molecule has 15 heavy (non-hydrogen) atoms. The van der Waals surface area contributed by atoms with Crippen molar-refractivity contribution in [3.8, 4) is 0 Å². The zero-order chi connectivity index (χ0) is 10.7. The predicted molar refractivity (Wildman–Crippen MR) is 56.8 cm³/mol. The number of halogens is 1. The van der Waals surface area contributed by atoms with Crippen LogP contribution in [0.15, 0.2) is 18.2 Å². The van der Waals surface area contributed by atoms with Crippen LogP contribution in [0, 0.1) is 10.1 Å². The fourth-order valence-corrected chi connectivity index (χ4v) is 1.23.